The quantitative estimate of drug-likeness (QED) is 0.822. The van der Waals surface area contributed by atoms with Crippen LogP contribution in [0.1, 0.15) is 21.5 Å². The number of benzene rings is 1. The molecular formula is C15H20N2O2. The molecule has 3 rings (SSSR count). The van der Waals surface area contributed by atoms with Gasteiger partial charge < -0.3 is 15.0 Å². The second-order valence-electron chi connectivity index (χ2n) is 5.43. The van der Waals surface area contributed by atoms with Crippen molar-refractivity contribution in [1.29, 1.82) is 0 Å². The summed E-state index contributed by atoms with van der Waals surface area (Å²) in [7, 11) is 0. The number of hydrogen-bond acceptors (Lipinski definition) is 3. The molecule has 102 valence electrons. The Morgan fingerprint density at radius 1 is 1.32 bits per heavy atom. The highest BCUT2D eigenvalue weighted by atomic mass is 16.5. The van der Waals surface area contributed by atoms with Gasteiger partial charge >= 0.3 is 0 Å². The Kier molecular flexibility index (Phi) is 3.29. The van der Waals surface area contributed by atoms with Gasteiger partial charge in [0.15, 0.2) is 0 Å². The van der Waals surface area contributed by atoms with Crippen molar-refractivity contribution in [3.8, 4) is 0 Å². The van der Waals surface area contributed by atoms with Crippen molar-refractivity contribution in [3.63, 3.8) is 0 Å². The standard InChI is InChI=1S/C15H20N2O2/c1-10-3-4-12(7-11(10)2)15(18)17-5-6-19-14-9-16-8-13(14)17/h3-4,7,13-14,16H,5-6,8-9H2,1-2H3/t13-,14+/m1/s1. The minimum absolute atomic E-state index is 0.130. The number of amides is 1. The van der Waals surface area contributed by atoms with Gasteiger partial charge in [0.2, 0.25) is 0 Å². The topological polar surface area (TPSA) is 41.6 Å². The zero-order chi connectivity index (χ0) is 13.4. The van der Waals surface area contributed by atoms with Gasteiger partial charge in [-0.25, -0.2) is 0 Å². The summed E-state index contributed by atoms with van der Waals surface area (Å²) < 4.78 is 5.70. The van der Waals surface area contributed by atoms with Gasteiger partial charge in [-0.1, -0.05) is 6.07 Å². The van der Waals surface area contributed by atoms with Crippen LogP contribution in [-0.2, 0) is 4.74 Å². The molecule has 2 fully saturated rings. The number of fused-ring (bicyclic) bond motifs is 1. The van der Waals surface area contributed by atoms with Gasteiger partial charge in [0.1, 0.15) is 0 Å². The molecule has 2 heterocycles. The molecule has 4 heteroatoms. The van der Waals surface area contributed by atoms with Crippen molar-refractivity contribution in [2.24, 2.45) is 0 Å². The Balaban J connectivity index is 1.84. The molecule has 2 atom stereocenters. The number of nitrogens with zero attached hydrogens (tertiary/aromatic N) is 1. The fourth-order valence-corrected chi connectivity index (χ4v) is 2.88. The first kappa shape index (κ1) is 12.6. The second-order valence-corrected chi connectivity index (χ2v) is 5.43. The zero-order valence-corrected chi connectivity index (χ0v) is 11.5. The Morgan fingerprint density at radius 2 is 2.16 bits per heavy atom. The molecule has 19 heavy (non-hydrogen) atoms. The Morgan fingerprint density at radius 3 is 2.95 bits per heavy atom. The van der Waals surface area contributed by atoms with Gasteiger partial charge in [-0.2, -0.15) is 0 Å². The summed E-state index contributed by atoms with van der Waals surface area (Å²) >= 11 is 0. The lowest BCUT2D eigenvalue weighted by molar-refractivity contribution is -0.0364. The lowest BCUT2D eigenvalue weighted by atomic mass is 10.0. The van der Waals surface area contributed by atoms with Crippen molar-refractivity contribution in [2.75, 3.05) is 26.2 Å². The molecule has 0 aromatic heterocycles. The smallest absolute Gasteiger partial charge is 0.254 e. The molecule has 0 aliphatic carbocycles. The summed E-state index contributed by atoms with van der Waals surface area (Å²) in [6.07, 6.45) is 0.157. The molecule has 0 spiro atoms. The molecule has 2 aliphatic heterocycles. The van der Waals surface area contributed by atoms with Crippen LogP contribution in [0.25, 0.3) is 0 Å². The molecule has 1 amide bonds. The first-order chi connectivity index (χ1) is 9.16. The van der Waals surface area contributed by atoms with E-state index in [1.54, 1.807) is 0 Å². The first-order valence-corrected chi connectivity index (χ1v) is 6.87. The maximum atomic E-state index is 12.6. The third kappa shape index (κ3) is 2.26. The van der Waals surface area contributed by atoms with E-state index in [-0.39, 0.29) is 18.1 Å². The molecule has 2 saturated heterocycles. The third-order valence-corrected chi connectivity index (χ3v) is 4.21. The summed E-state index contributed by atoms with van der Waals surface area (Å²) in [5.74, 6) is 0.130. The predicted molar refractivity (Wildman–Crippen MR) is 73.4 cm³/mol. The van der Waals surface area contributed by atoms with Crippen LogP contribution in [0.15, 0.2) is 18.2 Å². The third-order valence-electron chi connectivity index (χ3n) is 4.21. The van der Waals surface area contributed by atoms with Crippen molar-refractivity contribution in [1.82, 2.24) is 10.2 Å². The number of rotatable bonds is 1. The molecule has 1 aromatic carbocycles. The van der Waals surface area contributed by atoms with E-state index >= 15 is 0 Å². The summed E-state index contributed by atoms with van der Waals surface area (Å²) in [6, 6.07) is 6.12. The van der Waals surface area contributed by atoms with Crippen LogP contribution >= 0.6 is 0 Å². The average Bonchev–Trinajstić information content (AvgIpc) is 2.89. The minimum Gasteiger partial charge on any atom is -0.373 e. The average molecular weight is 260 g/mol. The SMILES string of the molecule is Cc1ccc(C(=O)N2CCO[C@H]3CNC[C@H]32)cc1C. The molecular weight excluding hydrogens is 240 g/mol. The van der Waals surface area contributed by atoms with Crippen molar-refractivity contribution in [3.05, 3.63) is 34.9 Å². The Hall–Kier alpha value is -1.39. The number of hydrogen-bond donors (Lipinski definition) is 1. The molecule has 0 radical (unpaired) electrons. The fourth-order valence-electron chi connectivity index (χ4n) is 2.88. The van der Waals surface area contributed by atoms with E-state index in [9.17, 15) is 4.79 Å². The largest absolute Gasteiger partial charge is 0.373 e. The summed E-state index contributed by atoms with van der Waals surface area (Å²) in [4.78, 5) is 14.6. The van der Waals surface area contributed by atoms with E-state index in [1.807, 2.05) is 30.0 Å². The van der Waals surface area contributed by atoms with Crippen LogP contribution in [0, 0.1) is 13.8 Å². The molecule has 4 nitrogen and oxygen atoms in total. The van der Waals surface area contributed by atoms with E-state index in [0.29, 0.717) is 13.2 Å². The number of ether oxygens (including phenoxy) is 1. The van der Waals surface area contributed by atoms with Gasteiger partial charge in [-0.15, -0.1) is 0 Å². The molecule has 1 aromatic rings. The van der Waals surface area contributed by atoms with Gasteiger partial charge in [0.25, 0.3) is 5.91 Å². The monoisotopic (exact) mass is 260 g/mol. The summed E-state index contributed by atoms with van der Waals surface area (Å²) in [5.41, 5.74) is 3.18. The first-order valence-electron chi connectivity index (χ1n) is 6.87. The highest BCUT2D eigenvalue weighted by Crippen LogP contribution is 2.21. The number of carbonyl (C=O) groups excluding carboxylic acids is 1. The van der Waals surface area contributed by atoms with Gasteiger partial charge in [0, 0.05) is 25.2 Å². The lowest BCUT2D eigenvalue weighted by Gasteiger charge is -2.37. The van der Waals surface area contributed by atoms with Crippen LogP contribution in [0.2, 0.25) is 0 Å². The van der Waals surface area contributed by atoms with Crippen LogP contribution < -0.4 is 5.32 Å². The predicted octanol–water partition coefficient (Wildman–Crippen LogP) is 1.12. The second kappa shape index (κ2) is 4.94. The van der Waals surface area contributed by atoms with Gasteiger partial charge in [-0.05, 0) is 37.1 Å². The number of aryl methyl sites for hydroxylation is 2. The highest BCUT2D eigenvalue weighted by Gasteiger charge is 2.38. The Labute approximate surface area is 113 Å². The zero-order valence-electron chi connectivity index (χ0n) is 11.5. The maximum absolute atomic E-state index is 12.6. The lowest BCUT2D eigenvalue weighted by Crippen LogP contribution is -2.53. The van der Waals surface area contributed by atoms with E-state index in [0.717, 1.165) is 18.7 Å². The molecule has 2 aliphatic rings. The minimum atomic E-state index is 0.130. The normalized spacial score (nSPS) is 26.3. The maximum Gasteiger partial charge on any atom is 0.254 e. The highest BCUT2D eigenvalue weighted by molar-refractivity contribution is 5.94. The van der Waals surface area contributed by atoms with Gasteiger partial charge in [0.05, 0.1) is 18.8 Å². The van der Waals surface area contributed by atoms with Gasteiger partial charge in [-0.3, -0.25) is 4.79 Å². The molecule has 1 N–H and O–H groups in total. The van der Waals surface area contributed by atoms with Crippen molar-refractivity contribution in [2.45, 2.75) is 26.0 Å². The fraction of sp³-hybridized carbons (Fsp3) is 0.533. The Bertz CT molecular complexity index is 501. The summed E-state index contributed by atoms with van der Waals surface area (Å²) in [5, 5.41) is 3.30. The molecule has 0 bridgehead atoms. The summed E-state index contributed by atoms with van der Waals surface area (Å²) in [6.45, 7) is 7.12. The van der Waals surface area contributed by atoms with E-state index in [4.69, 9.17) is 4.74 Å². The van der Waals surface area contributed by atoms with E-state index < -0.39 is 0 Å². The van der Waals surface area contributed by atoms with Crippen molar-refractivity contribution < 1.29 is 9.53 Å². The number of carbonyl (C=O) groups is 1. The van der Waals surface area contributed by atoms with Crippen LogP contribution in [-0.4, -0.2) is 49.2 Å². The molecule has 0 unspecified atom stereocenters. The number of morpholine rings is 1. The van der Waals surface area contributed by atoms with E-state index in [1.165, 1.54) is 11.1 Å². The van der Waals surface area contributed by atoms with E-state index in [2.05, 4.69) is 12.2 Å². The number of nitrogens with one attached hydrogen (secondary N) is 1. The van der Waals surface area contributed by atoms with Crippen molar-refractivity contribution >= 4 is 5.91 Å². The molecule has 0 saturated carbocycles. The van der Waals surface area contributed by atoms with Crippen LogP contribution in [0.5, 0.6) is 0 Å². The van der Waals surface area contributed by atoms with Crippen LogP contribution in [0.4, 0.5) is 0 Å². The van der Waals surface area contributed by atoms with Crippen LogP contribution in [0.3, 0.4) is 0 Å².